The van der Waals surface area contributed by atoms with Gasteiger partial charge in [0.1, 0.15) is 33.7 Å². The summed E-state index contributed by atoms with van der Waals surface area (Å²) in [6.45, 7) is 2.52. The van der Waals surface area contributed by atoms with Crippen molar-refractivity contribution in [1.82, 2.24) is 4.98 Å². The fourth-order valence-corrected chi connectivity index (χ4v) is 3.31. The zero-order valence-electron chi connectivity index (χ0n) is 15.4. The van der Waals surface area contributed by atoms with Gasteiger partial charge in [-0.2, -0.15) is 5.26 Å². The van der Waals surface area contributed by atoms with Crippen LogP contribution >= 0.6 is 11.3 Å². The number of nitrogens with zero attached hydrogens (tertiary/aromatic N) is 2. The Bertz CT molecular complexity index is 1100. The van der Waals surface area contributed by atoms with Crippen molar-refractivity contribution in [3.8, 4) is 28.8 Å². The van der Waals surface area contributed by atoms with Crippen LogP contribution in [0.15, 0.2) is 54.0 Å². The van der Waals surface area contributed by atoms with E-state index in [9.17, 15) is 15.2 Å². The Balaban J connectivity index is 1.80. The number of carboxylic acid groups (broad SMARTS) is 1. The van der Waals surface area contributed by atoms with Crippen LogP contribution in [0.4, 0.5) is 5.69 Å². The van der Waals surface area contributed by atoms with Crippen LogP contribution in [0.1, 0.15) is 22.3 Å². The first-order valence-corrected chi connectivity index (χ1v) is 9.52. The first kappa shape index (κ1) is 19.9. The summed E-state index contributed by atoms with van der Waals surface area (Å²) < 4.78 is 5.43. The van der Waals surface area contributed by atoms with Gasteiger partial charge in [-0.15, -0.1) is 11.3 Å². The number of phenols is 1. The highest BCUT2D eigenvalue weighted by atomic mass is 32.1. The molecular weight excluding hydrogens is 390 g/mol. The van der Waals surface area contributed by atoms with Crippen molar-refractivity contribution in [3.05, 3.63) is 64.6 Å². The van der Waals surface area contributed by atoms with Gasteiger partial charge in [-0.1, -0.05) is 0 Å². The number of anilines is 1. The van der Waals surface area contributed by atoms with Crippen molar-refractivity contribution in [1.29, 1.82) is 5.26 Å². The van der Waals surface area contributed by atoms with E-state index < -0.39 is 5.97 Å². The average Bonchev–Trinajstić information content (AvgIpc) is 3.20. The quantitative estimate of drug-likeness (QED) is 0.387. The van der Waals surface area contributed by atoms with E-state index in [1.807, 2.05) is 36.6 Å². The average molecular weight is 407 g/mol. The molecule has 0 bridgehead atoms. The molecule has 0 radical (unpaired) electrons. The van der Waals surface area contributed by atoms with Crippen LogP contribution in [0.25, 0.3) is 16.8 Å². The summed E-state index contributed by atoms with van der Waals surface area (Å²) in [6, 6.07) is 13.7. The van der Waals surface area contributed by atoms with E-state index in [4.69, 9.17) is 9.84 Å². The number of benzene rings is 2. The van der Waals surface area contributed by atoms with E-state index in [1.165, 1.54) is 35.7 Å². The molecule has 0 aliphatic carbocycles. The number of carbonyl (C=O) groups is 1. The van der Waals surface area contributed by atoms with Crippen molar-refractivity contribution < 1.29 is 19.7 Å². The van der Waals surface area contributed by atoms with Gasteiger partial charge in [0.2, 0.25) is 0 Å². The van der Waals surface area contributed by atoms with E-state index in [1.54, 1.807) is 0 Å². The number of nitriles is 1. The highest BCUT2D eigenvalue weighted by molar-refractivity contribution is 7.11. The Kier molecular flexibility index (Phi) is 6.12. The van der Waals surface area contributed by atoms with Gasteiger partial charge in [0.05, 0.1) is 12.3 Å². The van der Waals surface area contributed by atoms with Gasteiger partial charge in [0, 0.05) is 22.8 Å². The molecular formula is C21H17N3O4S. The molecule has 8 heteroatoms. The number of aromatic hydroxyl groups is 1. The topological polar surface area (TPSA) is 115 Å². The lowest BCUT2D eigenvalue weighted by Crippen LogP contribution is -1.98. The molecule has 3 rings (SSSR count). The van der Waals surface area contributed by atoms with Crippen LogP contribution in [0.2, 0.25) is 0 Å². The number of thiazole rings is 1. The predicted octanol–water partition coefficient (Wildman–Crippen LogP) is 4.59. The first-order valence-electron chi connectivity index (χ1n) is 8.64. The summed E-state index contributed by atoms with van der Waals surface area (Å²) in [6.07, 6.45) is 1.46. The maximum absolute atomic E-state index is 11.1. The standard InChI is InChI=1S/C21H17N3O4S/c1-2-28-16-6-3-13(4-7-16)18-12-29-20(24-18)14(10-22)11-23-15-5-8-19(25)17(9-15)21(26)27/h3-9,11-12,23,25H,2H2,1H3,(H,26,27). The molecule has 0 aliphatic rings. The molecule has 7 nitrogen and oxygen atoms in total. The van der Waals surface area contributed by atoms with Gasteiger partial charge in [0.25, 0.3) is 0 Å². The second-order valence-electron chi connectivity index (χ2n) is 5.85. The van der Waals surface area contributed by atoms with Crippen molar-refractivity contribution in [2.75, 3.05) is 11.9 Å². The smallest absolute Gasteiger partial charge is 0.339 e. The van der Waals surface area contributed by atoms with Crippen molar-refractivity contribution in [2.24, 2.45) is 0 Å². The summed E-state index contributed by atoms with van der Waals surface area (Å²) >= 11 is 1.33. The number of nitrogens with one attached hydrogen (secondary N) is 1. The highest BCUT2D eigenvalue weighted by Gasteiger charge is 2.11. The number of hydrogen-bond donors (Lipinski definition) is 3. The highest BCUT2D eigenvalue weighted by Crippen LogP contribution is 2.28. The molecule has 0 amide bonds. The molecule has 1 heterocycles. The number of aromatic nitrogens is 1. The number of rotatable bonds is 7. The van der Waals surface area contributed by atoms with Crippen molar-refractivity contribution in [3.63, 3.8) is 0 Å². The monoisotopic (exact) mass is 407 g/mol. The van der Waals surface area contributed by atoms with E-state index >= 15 is 0 Å². The molecule has 3 N–H and O–H groups in total. The maximum atomic E-state index is 11.1. The number of hydrogen-bond acceptors (Lipinski definition) is 7. The zero-order valence-corrected chi connectivity index (χ0v) is 16.2. The number of carboxylic acids is 1. The van der Waals surface area contributed by atoms with E-state index in [-0.39, 0.29) is 11.3 Å². The zero-order chi connectivity index (χ0) is 20.8. The molecule has 29 heavy (non-hydrogen) atoms. The van der Waals surface area contributed by atoms with Crippen LogP contribution in [0.3, 0.4) is 0 Å². The minimum Gasteiger partial charge on any atom is -0.507 e. The molecule has 1 aromatic heterocycles. The second-order valence-corrected chi connectivity index (χ2v) is 6.70. The van der Waals surface area contributed by atoms with Gasteiger partial charge in [0.15, 0.2) is 0 Å². The van der Waals surface area contributed by atoms with Crippen LogP contribution < -0.4 is 10.1 Å². The van der Waals surface area contributed by atoms with Crippen molar-refractivity contribution >= 4 is 28.6 Å². The van der Waals surface area contributed by atoms with Crippen LogP contribution in [-0.4, -0.2) is 27.8 Å². The molecule has 0 spiro atoms. The summed E-state index contributed by atoms with van der Waals surface area (Å²) in [5.74, 6) is -0.786. The van der Waals surface area contributed by atoms with E-state index in [2.05, 4.69) is 16.4 Å². The van der Waals surface area contributed by atoms with Gasteiger partial charge < -0.3 is 20.3 Å². The SMILES string of the molecule is CCOc1ccc(-c2csc(C(C#N)=CNc3ccc(O)c(C(=O)O)c3)n2)cc1. The third-order valence-electron chi connectivity index (χ3n) is 3.93. The number of aromatic carboxylic acids is 1. The van der Waals surface area contributed by atoms with Gasteiger partial charge in [-0.25, -0.2) is 9.78 Å². The van der Waals surface area contributed by atoms with Crippen LogP contribution in [0, 0.1) is 11.3 Å². The van der Waals surface area contributed by atoms with Crippen LogP contribution in [0.5, 0.6) is 11.5 Å². The summed E-state index contributed by atoms with van der Waals surface area (Å²) in [5, 5.41) is 33.4. The Morgan fingerprint density at radius 1 is 1.31 bits per heavy atom. The minimum atomic E-state index is -1.24. The largest absolute Gasteiger partial charge is 0.507 e. The molecule has 2 aromatic carbocycles. The molecule has 0 saturated carbocycles. The second kappa shape index (κ2) is 8.91. The molecule has 0 atom stereocenters. The third-order valence-corrected chi connectivity index (χ3v) is 4.80. The Morgan fingerprint density at radius 3 is 2.72 bits per heavy atom. The van der Waals surface area contributed by atoms with E-state index in [0.717, 1.165) is 17.0 Å². The lowest BCUT2D eigenvalue weighted by Gasteiger charge is -2.05. The fraction of sp³-hybridized carbons (Fsp3) is 0.0952. The molecule has 0 unspecified atom stereocenters. The number of allylic oxidation sites excluding steroid dienone is 1. The maximum Gasteiger partial charge on any atom is 0.339 e. The number of ether oxygens (including phenoxy) is 1. The Hall–Kier alpha value is -3.83. The first-order chi connectivity index (χ1) is 14.0. The molecule has 0 fully saturated rings. The van der Waals surface area contributed by atoms with Crippen LogP contribution in [-0.2, 0) is 0 Å². The van der Waals surface area contributed by atoms with Gasteiger partial charge in [-0.05, 0) is 49.4 Å². The fourth-order valence-electron chi connectivity index (χ4n) is 2.51. The Morgan fingerprint density at radius 2 is 2.07 bits per heavy atom. The molecule has 146 valence electrons. The Labute approximate surface area is 171 Å². The molecule has 3 aromatic rings. The predicted molar refractivity (Wildman–Crippen MR) is 111 cm³/mol. The van der Waals surface area contributed by atoms with Crippen molar-refractivity contribution in [2.45, 2.75) is 6.92 Å². The molecule has 0 saturated heterocycles. The summed E-state index contributed by atoms with van der Waals surface area (Å²) in [7, 11) is 0. The molecule has 0 aliphatic heterocycles. The van der Waals surface area contributed by atoms with E-state index in [0.29, 0.717) is 22.9 Å². The van der Waals surface area contributed by atoms with Gasteiger partial charge in [-0.3, -0.25) is 0 Å². The lowest BCUT2D eigenvalue weighted by atomic mass is 10.1. The third kappa shape index (κ3) is 4.72. The van der Waals surface area contributed by atoms with Gasteiger partial charge >= 0.3 is 5.97 Å². The minimum absolute atomic E-state index is 0.228. The summed E-state index contributed by atoms with van der Waals surface area (Å²) in [5.41, 5.74) is 2.15. The normalized spacial score (nSPS) is 11.0. The lowest BCUT2D eigenvalue weighted by molar-refractivity contribution is 0.0694. The summed E-state index contributed by atoms with van der Waals surface area (Å²) in [4.78, 5) is 15.6.